The standard InChI is InChI=1S/C18H16N10O7S3/c1-2-3-35-23-9(12-21-17(19)38-24-12)13(31)20-10-14(32)28-11(16(33)34)7(5-36-15(10)28)6-37-18-22-25-26-27(18)4-8(29)30/h1,10,15H,3-6H2,(H,20,31)(H,29,30)(H,33,34)(H2,19,21,24)/t10?,15-/m1/s1. The predicted octanol–water partition coefficient (Wildman–Crippen LogP) is -1.92. The van der Waals surface area contributed by atoms with Crippen LogP contribution in [0.1, 0.15) is 5.82 Å². The van der Waals surface area contributed by atoms with Crippen LogP contribution in [0, 0.1) is 12.3 Å². The van der Waals surface area contributed by atoms with Crippen LogP contribution in [-0.4, -0.2) is 104 Å². The molecule has 0 saturated carbocycles. The Bertz CT molecular complexity index is 1400. The molecule has 198 valence electrons. The number of nitrogens with one attached hydrogen (secondary N) is 1. The van der Waals surface area contributed by atoms with Gasteiger partial charge in [0.05, 0.1) is 0 Å². The number of nitrogens with zero attached hydrogens (tertiary/aromatic N) is 8. The predicted molar refractivity (Wildman–Crippen MR) is 132 cm³/mol. The van der Waals surface area contributed by atoms with Gasteiger partial charge in [-0.25, -0.2) is 9.48 Å². The summed E-state index contributed by atoms with van der Waals surface area (Å²) in [4.78, 5) is 58.8. The SMILES string of the molecule is C#CCON=C(C(=O)NC1C(=O)N2C(C(=O)O)=C(CSc3nnnn3CC(=O)O)CS[C@H]12)c1nsc(N)n1. The summed E-state index contributed by atoms with van der Waals surface area (Å²) < 4.78 is 4.98. The zero-order valence-corrected chi connectivity index (χ0v) is 21.3. The zero-order chi connectivity index (χ0) is 27.4. The first-order valence-corrected chi connectivity index (χ1v) is 13.1. The van der Waals surface area contributed by atoms with Crippen molar-refractivity contribution in [3.8, 4) is 12.3 Å². The van der Waals surface area contributed by atoms with Crippen molar-refractivity contribution in [3.05, 3.63) is 17.1 Å². The maximum atomic E-state index is 13.0. The molecule has 0 aliphatic carbocycles. The van der Waals surface area contributed by atoms with Gasteiger partial charge in [-0.3, -0.25) is 19.3 Å². The van der Waals surface area contributed by atoms with Crippen molar-refractivity contribution < 1.29 is 34.2 Å². The maximum Gasteiger partial charge on any atom is 0.352 e. The van der Waals surface area contributed by atoms with Crippen LogP contribution in [0.3, 0.4) is 0 Å². The molecule has 1 saturated heterocycles. The summed E-state index contributed by atoms with van der Waals surface area (Å²) in [6.07, 6.45) is 5.13. The molecule has 2 aliphatic rings. The number of tetrazole rings is 1. The highest BCUT2D eigenvalue weighted by Crippen LogP contribution is 2.41. The Hall–Kier alpha value is -4.22. The number of thioether (sulfide) groups is 2. The molecule has 4 rings (SSSR count). The number of carboxylic acid groups (broad SMARTS) is 2. The highest BCUT2D eigenvalue weighted by molar-refractivity contribution is 8.01. The lowest BCUT2D eigenvalue weighted by Gasteiger charge is -2.49. The maximum absolute atomic E-state index is 13.0. The lowest BCUT2D eigenvalue weighted by molar-refractivity contribution is -0.150. The van der Waals surface area contributed by atoms with E-state index in [1.807, 2.05) is 0 Å². The first kappa shape index (κ1) is 26.8. The number of hydrogen-bond donors (Lipinski definition) is 4. The lowest BCUT2D eigenvalue weighted by atomic mass is 10.0. The van der Waals surface area contributed by atoms with Gasteiger partial charge in [0.15, 0.2) is 11.7 Å². The van der Waals surface area contributed by atoms with Crippen molar-refractivity contribution in [2.75, 3.05) is 23.8 Å². The van der Waals surface area contributed by atoms with E-state index in [2.05, 4.69) is 41.3 Å². The molecule has 0 spiro atoms. The number of aromatic nitrogens is 6. The Morgan fingerprint density at radius 2 is 2.16 bits per heavy atom. The average Bonchev–Trinajstić information content (AvgIpc) is 3.50. The molecule has 2 aromatic heterocycles. The second-order valence-electron chi connectivity index (χ2n) is 7.29. The lowest BCUT2D eigenvalue weighted by Crippen LogP contribution is -2.71. The van der Waals surface area contributed by atoms with Crippen molar-refractivity contribution in [2.45, 2.75) is 23.1 Å². The molecule has 38 heavy (non-hydrogen) atoms. The molecule has 5 N–H and O–H groups in total. The summed E-state index contributed by atoms with van der Waals surface area (Å²) in [7, 11) is 0. The van der Waals surface area contributed by atoms with E-state index in [1.165, 1.54) is 11.8 Å². The van der Waals surface area contributed by atoms with E-state index >= 15 is 0 Å². The van der Waals surface area contributed by atoms with Crippen LogP contribution in [0.25, 0.3) is 0 Å². The smallest absolute Gasteiger partial charge is 0.352 e. The molecule has 2 atom stereocenters. The summed E-state index contributed by atoms with van der Waals surface area (Å²) in [5.41, 5.74) is 5.40. The molecule has 20 heteroatoms. The summed E-state index contributed by atoms with van der Waals surface area (Å²) in [6.45, 7) is -0.702. The molecule has 2 aliphatic heterocycles. The third-order valence-corrected chi connectivity index (χ3v) is 7.79. The van der Waals surface area contributed by atoms with Gasteiger partial charge >= 0.3 is 11.9 Å². The number of nitrogens with two attached hydrogens (primary N) is 1. The van der Waals surface area contributed by atoms with Crippen LogP contribution >= 0.6 is 35.1 Å². The van der Waals surface area contributed by atoms with Crippen LogP contribution in [0.5, 0.6) is 0 Å². The molecular weight excluding hydrogens is 564 g/mol. The molecular formula is C18H16N10O7S3. The molecule has 0 radical (unpaired) electrons. The van der Waals surface area contributed by atoms with Gasteiger partial charge in [-0.1, -0.05) is 22.8 Å². The first-order valence-electron chi connectivity index (χ1n) is 10.3. The van der Waals surface area contributed by atoms with Gasteiger partial charge in [0.2, 0.25) is 16.7 Å². The van der Waals surface area contributed by atoms with Gasteiger partial charge < -0.3 is 26.1 Å². The number of fused-ring (bicyclic) bond motifs is 1. The largest absolute Gasteiger partial charge is 0.480 e. The minimum absolute atomic E-state index is 0.0739. The van der Waals surface area contributed by atoms with Gasteiger partial charge in [-0.2, -0.15) is 9.36 Å². The topological polar surface area (TPSA) is 241 Å². The Morgan fingerprint density at radius 3 is 2.82 bits per heavy atom. The van der Waals surface area contributed by atoms with Gasteiger partial charge in [0, 0.05) is 23.0 Å². The minimum Gasteiger partial charge on any atom is -0.480 e. The number of oxime groups is 1. The summed E-state index contributed by atoms with van der Waals surface area (Å²) >= 11 is 3.09. The van der Waals surface area contributed by atoms with Crippen molar-refractivity contribution in [3.63, 3.8) is 0 Å². The van der Waals surface area contributed by atoms with E-state index in [0.29, 0.717) is 5.57 Å². The number of carboxylic acids is 2. The molecule has 2 aromatic rings. The zero-order valence-electron chi connectivity index (χ0n) is 18.9. The number of carbonyl (C=O) groups is 4. The fraction of sp³-hybridized carbons (Fsp3) is 0.333. The number of terminal acetylenes is 1. The number of nitrogen functional groups attached to an aromatic ring is 1. The quantitative estimate of drug-likeness (QED) is 0.0565. The Labute approximate surface area is 225 Å². The summed E-state index contributed by atoms with van der Waals surface area (Å²) in [5, 5.41) is 35.3. The van der Waals surface area contributed by atoms with Crippen molar-refractivity contribution in [1.82, 2.24) is 39.8 Å². The second kappa shape index (κ2) is 11.4. The van der Waals surface area contributed by atoms with Gasteiger partial charge in [-0.15, -0.1) is 23.3 Å². The van der Waals surface area contributed by atoms with Crippen LogP contribution in [0.15, 0.2) is 21.6 Å². The number of carbonyl (C=O) groups excluding carboxylic acids is 2. The van der Waals surface area contributed by atoms with Crippen molar-refractivity contribution in [1.29, 1.82) is 0 Å². The summed E-state index contributed by atoms with van der Waals surface area (Å²) in [5.74, 6) is -1.61. The van der Waals surface area contributed by atoms with E-state index in [4.69, 9.17) is 22.1 Å². The van der Waals surface area contributed by atoms with Gasteiger partial charge in [-0.05, 0) is 16.0 Å². The molecule has 17 nitrogen and oxygen atoms in total. The molecule has 1 unspecified atom stereocenters. The Balaban J connectivity index is 1.48. The highest BCUT2D eigenvalue weighted by Gasteiger charge is 2.54. The average molecular weight is 581 g/mol. The molecule has 0 aromatic carbocycles. The number of aliphatic carboxylic acids is 2. The fourth-order valence-corrected chi connectivity index (χ4v) is 6.13. The van der Waals surface area contributed by atoms with E-state index in [-0.39, 0.29) is 45.6 Å². The Morgan fingerprint density at radius 1 is 1.37 bits per heavy atom. The van der Waals surface area contributed by atoms with Gasteiger partial charge in [0.25, 0.3) is 11.8 Å². The van der Waals surface area contributed by atoms with E-state index in [0.717, 1.165) is 32.9 Å². The number of hydrogen-bond acceptors (Lipinski definition) is 15. The monoisotopic (exact) mass is 580 g/mol. The molecule has 2 amide bonds. The Kier molecular flexibility index (Phi) is 8.08. The van der Waals surface area contributed by atoms with Gasteiger partial charge in [0.1, 0.15) is 23.7 Å². The van der Waals surface area contributed by atoms with Crippen molar-refractivity contribution >= 4 is 69.7 Å². The second-order valence-corrected chi connectivity index (χ2v) is 10.1. The molecule has 1 fully saturated rings. The highest BCUT2D eigenvalue weighted by atomic mass is 32.2. The summed E-state index contributed by atoms with van der Waals surface area (Å²) in [6, 6.07) is -1.06. The molecule has 4 heterocycles. The van der Waals surface area contributed by atoms with Crippen LogP contribution in [0.4, 0.5) is 5.13 Å². The van der Waals surface area contributed by atoms with Crippen molar-refractivity contribution in [2.24, 2.45) is 5.16 Å². The van der Waals surface area contributed by atoms with Crippen LogP contribution in [-0.2, 0) is 30.6 Å². The number of β-lactam (4-membered cyclic amide) rings is 1. The van der Waals surface area contributed by atoms with E-state index in [9.17, 15) is 24.3 Å². The normalized spacial score (nSPS) is 18.9. The third kappa shape index (κ3) is 5.53. The number of anilines is 1. The number of amides is 2. The first-order chi connectivity index (χ1) is 18.2. The van der Waals surface area contributed by atoms with E-state index in [1.54, 1.807) is 0 Å². The third-order valence-electron chi connectivity index (χ3n) is 4.87. The fourth-order valence-electron chi connectivity index (χ4n) is 3.33. The van der Waals surface area contributed by atoms with Crippen LogP contribution < -0.4 is 11.1 Å². The number of rotatable bonds is 11. The molecule has 0 bridgehead atoms. The minimum atomic E-state index is -1.33. The van der Waals surface area contributed by atoms with Crippen LogP contribution in [0.2, 0.25) is 0 Å². The van der Waals surface area contributed by atoms with E-state index < -0.39 is 41.7 Å².